The molecular formula is C17H28N2O. The van der Waals surface area contributed by atoms with Crippen molar-refractivity contribution in [1.82, 2.24) is 10.2 Å². The number of hydrogen-bond acceptors (Lipinski definition) is 3. The van der Waals surface area contributed by atoms with E-state index in [2.05, 4.69) is 31.0 Å². The van der Waals surface area contributed by atoms with Gasteiger partial charge in [0.1, 0.15) is 5.75 Å². The van der Waals surface area contributed by atoms with Gasteiger partial charge < -0.3 is 15.3 Å². The number of phenolic OH excluding ortho intramolecular Hbond substituents is 1. The van der Waals surface area contributed by atoms with Crippen LogP contribution in [0.2, 0.25) is 0 Å². The monoisotopic (exact) mass is 276 g/mol. The average molecular weight is 276 g/mol. The third kappa shape index (κ3) is 4.50. The first-order chi connectivity index (χ1) is 9.54. The van der Waals surface area contributed by atoms with Gasteiger partial charge in [-0.15, -0.1) is 0 Å². The van der Waals surface area contributed by atoms with Crippen LogP contribution in [0.25, 0.3) is 0 Å². The molecule has 112 valence electrons. The number of hydrogen-bond donors (Lipinski definition) is 2. The molecule has 1 aromatic carbocycles. The summed E-state index contributed by atoms with van der Waals surface area (Å²) in [6.07, 6.45) is 3.51. The molecule has 0 bridgehead atoms. The van der Waals surface area contributed by atoms with Crippen LogP contribution in [0.3, 0.4) is 0 Å². The van der Waals surface area contributed by atoms with Crippen LogP contribution >= 0.6 is 0 Å². The lowest BCUT2D eigenvalue weighted by atomic mass is 10.0. The number of nitrogens with one attached hydrogen (secondary N) is 1. The topological polar surface area (TPSA) is 35.5 Å². The van der Waals surface area contributed by atoms with Gasteiger partial charge >= 0.3 is 0 Å². The van der Waals surface area contributed by atoms with Crippen molar-refractivity contribution in [3.8, 4) is 5.75 Å². The van der Waals surface area contributed by atoms with Gasteiger partial charge in [-0.2, -0.15) is 0 Å². The Hall–Kier alpha value is -1.06. The normalized spacial score (nSPS) is 19.4. The zero-order valence-electron chi connectivity index (χ0n) is 13.0. The maximum atomic E-state index is 9.30. The van der Waals surface area contributed by atoms with Gasteiger partial charge in [-0.1, -0.05) is 12.1 Å². The van der Waals surface area contributed by atoms with Crippen LogP contribution in [-0.4, -0.2) is 41.2 Å². The highest BCUT2D eigenvalue weighted by molar-refractivity contribution is 5.26. The van der Waals surface area contributed by atoms with E-state index in [1.54, 1.807) is 12.1 Å². The molecule has 3 nitrogen and oxygen atoms in total. The quantitative estimate of drug-likeness (QED) is 0.868. The van der Waals surface area contributed by atoms with Gasteiger partial charge in [-0.05, 0) is 70.8 Å². The highest BCUT2D eigenvalue weighted by atomic mass is 16.3. The summed E-state index contributed by atoms with van der Waals surface area (Å²) >= 11 is 0. The van der Waals surface area contributed by atoms with Gasteiger partial charge in [0, 0.05) is 18.1 Å². The van der Waals surface area contributed by atoms with Gasteiger partial charge in [-0.3, -0.25) is 0 Å². The van der Waals surface area contributed by atoms with E-state index in [4.69, 9.17) is 0 Å². The number of likely N-dealkylation sites (tertiary alicyclic amines) is 1. The van der Waals surface area contributed by atoms with Crippen LogP contribution in [0.4, 0.5) is 0 Å². The van der Waals surface area contributed by atoms with Crippen LogP contribution in [0.1, 0.15) is 39.2 Å². The smallest absolute Gasteiger partial charge is 0.115 e. The average Bonchev–Trinajstić information content (AvgIpc) is 2.42. The van der Waals surface area contributed by atoms with Crippen molar-refractivity contribution < 1.29 is 5.11 Å². The Kier molecular flexibility index (Phi) is 5.44. The molecule has 0 spiro atoms. The zero-order valence-corrected chi connectivity index (χ0v) is 13.0. The number of piperidine rings is 1. The molecule has 1 aromatic rings. The Morgan fingerprint density at radius 1 is 1.15 bits per heavy atom. The Bertz CT molecular complexity index is 394. The fourth-order valence-corrected chi connectivity index (χ4v) is 3.03. The largest absolute Gasteiger partial charge is 0.508 e. The summed E-state index contributed by atoms with van der Waals surface area (Å²) in [5.41, 5.74) is 1.28. The van der Waals surface area contributed by atoms with E-state index in [0.717, 1.165) is 6.42 Å². The van der Waals surface area contributed by atoms with Crippen molar-refractivity contribution in [1.29, 1.82) is 0 Å². The second-order valence-corrected chi connectivity index (χ2v) is 6.34. The van der Waals surface area contributed by atoms with Gasteiger partial charge in [0.2, 0.25) is 0 Å². The molecule has 0 aliphatic carbocycles. The molecule has 1 aliphatic rings. The van der Waals surface area contributed by atoms with E-state index in [9.17, 15) is 5.11 Å². The lowest BCUT2D eigenvalue weighted by Gasteiger charge is -2.36. The molecule has 1 aliphatic heterocycles. The van der Waals surface area contributed by atoms with Crippen molar-refractivity contribution in [3.63, 3.8) is 0 Å². The number of benzene rings is 1. The molecule has 3 heteroatoms. The Morgan fingerprint density at radius 3 is 2.30 bits per heavy atom. The van der Waals surface area contributed by atoms with Crippen LogP contribution in [0, 0.1) is 0 Å². The molecule has 20 heavy (non-hydrogen) atoms. The van der Waals surface area contributed by atoms with Gasteiger partial charge in [0.15, 0.2) is 0 Å². The van der Waals surface area contributed by atoms with Gasteiger partial charge in [0.25, 0.3) is 0 Å². The summed E-state index contributed by atoms with van der Waals surface area (Å²) in [5, 5.41) is 13.1. The van der Waals surface area contributed by atoms with Crippen LogP contribution < -0.4 is 5.32 Å². The second-order valence-electron chi connectivity index (χ2n) is 6.34. The number of phenols is 1. The summed E-state index contributed by atoms with van der Waals surface area (Å²) in [5.74, 6) is 0.343. The van der Waals surface area contributed by atoms with Crippen molar-refractivity contribution in [2.45, 2.75) is 58.2 Å². The van der Waals surface area contributed by atoms with E-state index in [-0.39, 0.29) is 0 Å². The standard InChI is InChI=1S/C17H28N2O/c1-13(2)19-10-8-16(9-11-19)18-14(3)12-15-4-6-17(20)7-5-15/h4-7,13-14,16,18,20H,8-12H2,1-3H3. The van der Waals surface area contributed by atoms with Crippen LogP contribution in [0.5, 0.6) is 5.75 Å². The fraction of sp³-hybridized carbons (Fsp3) is 0.647. The van der Waals surface area contributed by atoms with Crippen molar-refractivity contribution in [3.05, 3.63) is 29.8 Å². The van der Waals surface area contributed by atoms with E-state index < -0.39 is 0 Å². The zero-order chi connectivity index (χ0) is 14.5. The molecular weight excluding hydrogens is 248 g/mol. The van der Waals surface area contributed by atoms with Gasteiger partial charge in [-0.25, -0.2) is 0 Å². The minimum Gasteiger partial charge on any atom is -0.508 e. The summed E-state index contributed by atoms with van der Waals surface area (Å²) in [7, 11) is 0. The first-order valence-electron chi connectivity index (χ1n) is 7.82. The van der Waals surface area contributed by atoms with E-state index in [1.807, 2.05) is 12.1 Å². The molecule has 0 saturated carbocycles. The predicted octanol–water partition coefficient (Wildman–Crippen LogP) is 2.79. The van der Waals surface area contributed by atoms with Gasteiger partial charge in [0.05, 0.1) is 0 Å². The fourth-order valence-electron chi connectivity index (χ4n) is 3.03. The maximum absolute atomic E-state index is 9.30. The van der Waals surface area contributed by atoms with E-state index >= 15 is 0 Å². The number of rotatable bonds is 5. The molecule has 0 radical (unpaired) electrons. The number of nitrogens with zero attached hydrogens (tertiary/aromatic N) is 1. The van der Waals surface area contributed by atoms with Crippen molar-refractivity contribution in [2.75, 3.05) is 13.1 Å². The van der Waals surface area contributed by atoms with E-state index in [1.165, 1.54) is 31.5 Å². The van der Waals surface area contributed by atoms with E-state index in [0.29, 0.717) is 23.9 Å². The van der Waals surface area contributed by atoms with Crippen LogP contribution in [0.15, 0.2) is 24.3 Å². The Labute approximate surface area is 123 Å². The summed E-state index contributed by atoms with van der Waals surface area (Å²) in [6, 6.07) is 9.36. The lowest BCUT2D eigenvalue weighted by molar-refractivity contribution is 0.157. The summed E-state index contributed by atoms with van der Waals surface area (Å²) in [6.45, 7) is 9.23. The van der Waals surface area contributed by atoms with Crippen molar-refractivity contribution in [2.24, 2.45) is 0 Å². The summed E-state index contributed by atoms with van der Waals surface area (Å²) < 4.78 is 0. The highest BCUT2D eigenvalue weighted by Gasteiger charge is 2.21. The molecule has 2 N–H and O–H groups in total. The Balaban J connectivity index is 1.75. The lowest BCUT2D eigenvalue weighted by Crippen LogP contribution is -2.47. The molecule has 1 saturated heterocycles. The maximum Gasteiger partial charge on any atom is 0.115 e. The molecule has 1 atom stereocenters. The number of aromatic hydroxyl groups is 1. The molecule has 1 unspecified atom stereocenters. The minimum absolute atomic E-state index is 0.343. The SMILES string of the molecule is CC(Cc1ccc(O)cc1)NC1CCN(C(C)C)CC1. The second kappa shape index (κ2) is 7.09. The van der Waals surface area contributed by atoms with Crippen LogP contribution in [-0.2, 0) is 6.42 Å². The van der Waals surface area contributed by atoms with Crippen molar-refractivity contribution >= 4 is 0 Å². The molecule has 0 amide bonds. The molecule has 1 fully saturated rings. The third-order valence-corrected chi connectivity index (χ3v) is 4.26. The highest BCUT2D eigenvalue weighted by Crippen LogP contribution is 2.15. The Morgan fingerprint density at radius 2 is 1.75 bits per heavy atom. The first-order valence-corrected chi connectivity index (χ1v) is 7.82. The third-order valence-electron chi connectivity index (χ3n) is 4.26. The summed E-state index contributed by atoms with van der Waals surface area (Å²) in [4.78, 5) is 2.56. The molecule has 2 rings (SSSR count). The minimum atomic E-state index is 0.343. The predicted molar refractivity (Wildman–Crippen MR) is 84.1 cm³/mol. The molecule has 1 heterocycles. The molecule has 0 aromatic heterocycles. The first kappa shape index (κ1) is 15.3.